The van der Waals surface area contributed by atoms with Crippen LogP contribution in [0.2, 0.25) is 0 Å². The van der Waals surface area contributed by atoms with Gasteiger partial charge in [0.2, 0.25) is 21.8 Å². The van der Waals surface area contributed by atoms with Crippen LogP contribution in [0.3, 0.4) is 0 Å². The second-order valence-corrected chi connectivity index (χ2v) is 11.4. The number of sulfonamides is 1. The highest BCUT2D eigenvalue weighted by atomic mass is 32.2. The van der Waals surface area contributed by atoms with Gasteiger partial charge in [0.15, 0.2) is 11.6 Å². The van der Waals surface area contributed by atoms with Crippen molar-refractivity contribution in [2.45, 2.75) is 38.8 Å². The van der Waals surface area contributed by atoms with Gasteiger partial charge in [0.05, 0.1) is 19.1 Å². The maximum Gasteiger partial charge on any atom is 0.243 e. The zero-order valence-corrected chi connectivity index (χ0v) is 24.2. The number of nitrogens with one attached hydrogen (secondary N) is 1. The van der Waals surface area contributed by atoms with Gasteiger partial charge in [0, 0.05) is 38.5 Å². The zero-order valence-electron chi connectivity index (χ0n) is 23.3. The summed E-state index contributed by atoms with van der Waals surface area (Å²) in [6, 6.07) is 18.5. The Labute approximate surface area is 240 Å². The predicted octanol–water partition coefficient (Wildman–Crippen LogP) is 4.30. The first-order chi connectivity index (χ1) is 19.5. The number of rotatable bonds is 14. The average molecular weight is 588 g/mol. The van der Waals surface area contributed by atoms with Crippen LogP contribution in [0.1, 0.15) is 30.9 Å². The van der Waals surface area contributed by atoms with Crippen molar-refractivity contribution >= 4 is 27.5 Å². The third-order valence-electron chi connectivity index (χ3n) is 6.45. The maximum absolute atomic E-state index is 13.8. The summed E-state index contributed by atoms with van der Waals surface area (Å²) in [5.41, 5.74) is 1.57. The van der Waals surface area contributed by atoms with E-state index in [0.29, 0.717) is 12.3 Å². The van der Waals surface area contributed by atoms with Gasteiger partial charge in [-0.1, -0.05) is 42.5 Å². The Morgan fingerprint density at radius 1 is 0.951 bits per heavy atom. The van der Waals surface area contributed by atoms with Gasteiger partial charge in [-0.25, -0.2) is 17.2 Å². The minimum Gasteiger partial charge on any atom is -0.497 e. The fourth-order valence-corrected chi connectivity index (χ4v) is 5.41. The number of carbonyl (C=O) groups excluding carboxylic acids is 2. The Kier molecular flexibility index (Phi) is 11.2. The lowest BCUT2D eigenvalue weighted by Gasteiger charge is -2.32. The van der Waals surface area contributed by atoms with Gasteiger partial charge in [-0.2, -0.15) is 0 Å². The Balaban J connectivity index is 1.88. The van der Waals surface area contributed by atoms with E-state index in [-0.39, 0.29) is 49.9 Å². The van der Waals surface area contributed by atoms with Crippen molar-refractivity contribution in [1.82, 2.24) is 10.2 Å². The van der Waals surface area contributed by atoms with Crippen molar-refractivity contribution in [3.8, 4) is 5.75 Å². The molecule has 3 rings (SSSR count). The molecule has 8 nitrogen and oxygen atoms in total. The second kappa shape index (κ2) is 14.6. The molecule has 0 saturated heterocycles. The van der Waals surface area contributed by atoms with Crippen molar-refractivity contribution in [3.63, 3.8) is 0 Å². The molecule has 0 aliphatic rings. The molecule has 11 heteroatoms. The normalized spacial score (nSPS) is 11.9. The first-order valence-corrected chi connectivity index (χ1v) is 15.0. The van der Waals surface area contributed by atoms with Crippen LogP contribution in [0, 0.1) is 11.6 Å². The molecule has 2 amide bonds. The average Bonchev–Trinajstić information content (AvgIpc) is 2.94. The quantitative estimate of drug-likeness (QED) is 0.304. The van der Waals surface area contributed by atoms with Crippen molar-refractivity contribution < 1.29 is 31.5 Å². The summed E-state index contributed by atoms with van der Waals surface area (Å²) in [7, 11) is -2.32. The smallest absolute Gasteiger partial charge is 0.243 e. The monoisotopic (exact) mass is 587 g/mol. The number of hydrogen-bond acceptors (Lipinski definition) is 5. The molecule has 41 heavy (non-hydrogen) atoms. The Hall–Kier alpha value is -3.99. The van der Waals surface area contributed by atoms with E-state index in [9.17, 15) is 26.8 Å². The van der Waals surface area contributed by atoms with Crippen molar-refractivity contribution in [2.75, 3.05) is 30.8 Å². The number of anilines is 1. The molecule has 220 valence electrons. The molecule has 1 atom stereocenters. The SMILES string of the molecule is CCNC(=O)[C@H](Cc1ccccc1)N(Cc1cccc(OC)c1)C(=O)CCCN(c1ccc(F)c(F)c1)S(C)(=O)=O. The van der Waals surface area contributed by atoms with E-state index >= 15 is 0 Å². The van der Waals surface area contributed by atoms with E-state index in [2.05, 4.69) is 5.32 Å². The Morgan fingerprint density at radius 3 is 2.29 bits per heavy atom. The molecule has 0 saturated carbocycles. The van der Waals surface area contributed by atoms with Gasteiger partial charge in [-0.15, -0.1) is 0 Å². The van der Waals surface area contributed by atoms with Crippen LogP contribution < -0.4 is 14.4 Å². The molecule has 0 fully saturated rings. The molecule has 0 aromatic heterocycles. The molecule has 3 aromatic rings. The number of amides is 2. The number of ether oxygens (including phenoxy) is 1. The molecule has 0 unspecified atom stereocenters. The number of halogens is 2. The van der Waals surface area contributed by atoms with Crippen LogP contribution in [0.15, 0.2) is 72.8 Å². The standard InChI is InChI=1S/C30H35F2N3O5S/c1-4-33-30(37)28(19-22-10-6-5-7-11-22)34(21-23-12-8-13-25(18-23)40-2)29(36)14-9-17-35(41(3,38)39)24-15-16-26(31)27(32)20-24/h5-8,10-13,15-16,18,20,28H,4,9,14,17,19,21H2,1-3H3,(H,33,37)/t28-/m0/s1. The molecule has 1 N–H and O–H groups in total. The van der Waals surface area contributed by atoms with Crippen LogP contribution in [0.25, 0.3) is 0 Å². The maximum atomic E-state index is 13.8. The molecule has 0 bridgehead atoms. The van der Waals surface area contributed by atoms with Gasteiger partial charge >= 0.3 is 0 Å². The fraction of sp³-hybridized carbons (Fsp3) is 0.333. The lowest BCUT2D eigenvalue weighted by atomic mass is 10.0. The van der Waals surface area contributed by atoms with E-state index in [0.717, 1.165) is 33.8 Å². The lowest BCUT2D eigenvalue weighted by molar-refractivity contribution is -0.141. The summed E-state index contributed by atoms with van der Waals surface area (Å²) < 4.78 is 58.5. The Bertz CT molecular complexity index is 1440. The first-order valence-electron chi connectivity index (χ1n) is 13.2. The van der Waals surface area contributed by atoms with Gasteiger partial charge in [-0.3, -0.25) is 13.9 Å². The van der Waals surface area contributed by atoms with Crippen molar-refractivity contribution in [3.05, 3.63) is 95.6 Å². The zero-order chi connectivity index (χ0) is 30.0. The summed E-state index contributed by atoms with van der Waals surface area (Å²) in [4.78, 5) is 28.5. The van der Waals surface area contributed by atoms with Crippen LogP contribution in [0.4, 0.5) is 14.5 Å². The summed E-state index contributed by atoms with van der Waals surface area (Å²) in [5.74, 6) is -2.35. The van der Waals surface area contributed by atoms with Gasteiger partial charge in [0.25, 0.3) is 0 Å². The number of methoxy groups -OCH3 is 1. The van der Waals surface area contributed by atoms with Crippen LogP contribution in [0.5, 0.6) is 5.75 Å². The molecule has 0 heterocycles. The topological polar surface area (TPSA) is 96.0 Å². The molecule has 3 aromatic carbocycles. The highest BCUT2D eigenvalue weighted by Gasteiger charge is 2.30. The number of hydrogen-bond donors (Lipinski definition) is 1. The highest BCUT2D eigenvalue weighted by molar-refractivity contribution is 7.92. The van der Waals surface area contributed by atoms with Crippen molar-refractivity contribution in [1.29, 1.82) is 0 Å². The fourth-order valence-electron chi connectivity index (χ4n) is 4.46. The van der Waals surface area contributed by atoms with Crippen molar-refractivity contribution in [2.24, 2.45) is 0 Å². The number of benzene rings is 3. The second-order valence-electron chi connectivity index (χ2n) is 9.51. The molecular formula is C30H35F2N3O5S. The van der Waals surface area contributed by atoms with Gasteiger partial charge in [0.1, 0.15) is 11.8 Å². The minimum absolute atomic E-state index is 0.0450. The summed E-state index contributed by atoms with van der Waals surface area (Å²) in [6.07, 6.45) is 1.21. The minimum atomic E-state index is -3.86. The van der Waals surface area contributed by atoms with Crippen LogP contribution in [-0.2, 0) is 32.6 Å². The van der Waals surface area contributed by atoms with E-state index in [1.807, 2.05) is 36.4 Å². The van der Waals surface area contributed by atoms with E-state index < -0.39 is 27.7 Å². The number of carbonyl (C=O) groups is 2. The summed E-state index contributed by atoms with van der Waals surface area (Å²) in [5, 5.41) is 2.82. The largest absolute Gasteiger partial charge is 0.497 e. The van der Waals surface area contributed by atoms with Crippen LogP contribution in [-0.4, -0.2) is 57.6 Å². The molecule has 0 aliphatic carbocycles. The Morgan fingerprint density at radius 2 is 1.66 bits per heavy atom. The third kappa shape index (κ3) is 9.01. The first kappa shape index (κ1) is 31.5. The molecule has 0 aliphatic heterocycles. The number of likely N-dealkylation sites (N-methyl/N-ethyl adjacent to an activating group) is 1. The van der Waals surface area contributed by atoms with Gasteiger partial charge in [-0.05, 0) is 48.7 Å². The molecule has 0 radical (unpaired) electrons. The highest BCUT2D eigenvalue weighted by Crippen LogP contribution is 2.23. The summed E-state index contributed by atoms with van der Waals surface area (Å²) >= 11 is 0. The van der Waals surface area contributed by atoms with E-state index in [1.54, 1.807) is 25.1 Å². The lowest BCUT2D eigenvalue weighted by Crippen LogP contribution is -2.50. The predicted molar refractivity (Wildman–Crippen MR) is 154 cm³/mol. The van der Waals surface area contributed by atoms with E-state index in [4.69, 9.17) is 4.74 Å². The molecular weight excluding hydrogens is 552 g/mol. The van der Waals surface area contributed by atoms with Crippen LogP contribution >= 0.6 is 0 Å². The molecule has 0 spiro atoms. The van der Waals surface area contributed by atoms with Gasteiger partial charge < -0.3 is 15.0 Å². The third-order valence-corrected chi connectivity index (χ3v) is 7.65. The summed E-state index contributed by atoms with van der Waals surface area (Å²) in [6.45, 7) is 2.14. The van der Waals surface area contributed by atoms with E-state index in [1.165, 1.54) is 18.1 Å². The number of nitrogens with zero attached hydrogens (tertiary/aromatic N) is 2.